The van der Waals surface area contributed by atoms with Gasteiger partial charge >= 0.3 is 0 Å². The van der Waals surface area contributed by atoms with Crippen molar-refractivity contribution in [3.8, 4) is 17.4 Å². The molecule has 2 aromatic heterocycles. The lowest BCUT2D eigenvalue weighted by atomic mass is 10.1. The standard InChI is InChI=1S/C21H13ClN4O3/c1-12-8-19(26(27)28)15(10-16(12)22)20-7-6-14(29-20)9-13(11-23)21-24-17-4-2-3-5-18(17)25-21/h2-10H,1H3,(H,24,25). The molecule has 29 heavy (non-hydrogen) atoms. The number of nitro benzene ring substituents is 1. The molecule has 0 unspecified atom stereocenters. The fourth-order valence-electron chi connectivity index (χ4n) is 2.97. The Morgan fingerprint density at radius 3 is 2.83 bits per heavy atom. The molecule has 0 aliphatic rings. The maximum Gasteiger partial charge on any atom is 0.280 e. The third-order valence-corrected chi connectivity index (χ3v) is 4.82. The van der Waals surface area contributed by atoms with Crippen LogP contribution in [-0.2, 0) is 0 Å². The van der Waals surface area contributed by atoms with Gasteiger partial charge < -0.3 is 9.40 Å². The minimum absolute atomic E-state index is 0.102. The van der Waals surface area contributed by atoms with E-state index >= 15 is 0 Å². The minimum atomic E-state index is -0.480. The Balaban J connectivity index is 1.75. The van der Waals surface area contributed by atoms with Gasteiger partial charge in [0, 0.05) is 17.2 Å². The number of hydrogen-bond donors (Lipinski definition) is 1. The maximum atomic E-state index is 11.4. The number of aryl methyl sites for hydroxylation is 1. The van der Waals surface area contributed by atoms with Gasteiger partial charge in [0.1, 0.15) is 23.4 Å². The number of aromatic amines is 1. The van der Waals surface area contributed by atoms with E-state index in [1.54, 1.807) is 19.1 Å². The Bertz CT molecular complexity index is 1290. The minimum Gasteiger partial charge on any atom is -0.456 e. The molecular formula is C21H13ClN4O3. The summed E-state index contributed by atoms with van der Waals surface area (Å²) in [5, 5.41) is 21.4. The number of furan rings is 1. The highest BCUT2D eigenvalue weighted by Crippen LogP contribution is 2.36. The number of nitrogens with zero attached hydrogens (tertiary/aromatic N) is 3. The number of para-hydroxylation sites is 2. The van der Waals surface area contributed by atoms with Crippen molar-refractivity contribution < 1.29 is 9.34 Å². The average molecular weight is 405 g/mol. The van der Waals surface area contributed by atoms with Crippen LogP contribution in [0.4, 0.5) is 5.69 Å². The number of nitriles is 1. The van der Waals surface area contributed by atoms with Crippen LogP contribution in [0.15, 0.2) is 52.9 Å². The van der Waals surface area contributed by atoms with Crippen LogP contribution in [0.1, 0.15) is 17.1 Å². The predicted octanol–water partition coefficient (Wildman–Crippen LogP) is 5.76. The van der Waals surface area contributed by atoms with E-state index in [0.29, 0.717) is 22.2 Å². The van der Waals surface area contributed by atoms with Gasteiger partial charge in [0.05, 0.1) is 27.1 Å². The summed E-state index contributed by atoms with van der Waals surface area (Å²) in [6, 6.07) is 15.7. The first kappa shape index (κ1) is 18.5. The lowest BCUT2D eigenvalue weighted by Crippen LogP contribution is -1.93. The lowest BCUT2D eigenvalue weighted by molar-refractivity contribution is -0.384. The van der Waals surface area contributed by atoms with Gasteiger partial charge in [-0.2, -0.15) is 5.26 Å². The highest BCUT2D eigenvalue weighted by Gasteiger charge is 2.20. The molecule has 142 valence electrons. The first-order chi connectivity index (χ1) is 14.0. The summed E-state index contributed by atoms with van der Waals surface area (Å²) >= 11 is 6.14. The highest BCUT2D eigenvalue weighted by atomic mass is 35.5. The number of aromatic nitrogens is 2. The van der Waals surface area contributed by atoms with E-state index in [4.69, 9.17) is 16.0 Å². The van der Waals surface area contributed by atoms with Crippen molar-refractivity contribution in [1.82, 2.24) is 9.97 Å². The van der Waals surface area contributed by atoms with E-state index in [0.717, 1.165) is 11.0 Å². The number of rotatable bonds is 4. The molecule has 8 heteroatoms. The monoisotopic (exact) mass is 404 g/mol. The van der Waals surface area contributed by atoms with Crippen LogP contribution in [0.2, 0.25) is 5.02 Å². The van der Waals surface area contributed by atoms with E-state index in [9.17, 15) is 15.4 Å². The van der Waals surface area contributed by atoms with Crippen LogP contribution in [0.5, 0.6) is 0 Å². The van der Waals surface area contributed by atoms with Crippen molar-refractivity contribution in [2.75, 3.05) is 0 Å². The van der Waals surface area contributed by atoms with Gasteiger partial charge in [0.25, 0.3) is 5.69 Å². The second-order valence-electron chi connectivity index (χ2n) is 6.35. The topological polar surface area (TPSA) is 109 Å². The Morgan fingerprint density at radius 2 is 2.10 bits per heavy atom. The molecule has 0 saturated heterocycles. The third kappa shape index (κ3) is 3.49. The Hall–Kier alpha value is -3.89. The molecule has 0 saturated carbocycles. The number of imidazole rings is 1. The van der Waals surface area contributed by atoms with E-state index in [-0.39, 0.29) is 22.6 Å². The number of nitro groups is 1. The van der Waals surface area contributed by atoms with Crippen LogP contribution in [-0.4, -0.2) is 14.9 Å². The van der Waals surface area contributed by atoms with E-state index in [2.05, 4.69) is 16.0 Å². The first-order valence-electron chi connectivity index (χ1n) is 8.58. The number of hydrogen-bond acceptors (Lipinski definition) is 5. The van der Waals surface area contributed by atoms with Crippen molar-refractivity contribution in [3.63, 3.8) is 0 Å². The fourth-order valence-corrected chi connectivity index (χ4v) is 3.13. The fraction of sp³-hybridized carbons (Fsp3) is 0.0476. The van der Waals surface area contributed by atoms with Gasteiger partial charge in [-0.1, -0.05) is 23.7 Å². The van der Waals surface area contributed by atoms with Gasteiger partial charge in [0.15, 0.2) is 0 Å². The highest BCUT2D eigenvalue weighted by molar-refractivity contribution is 6.31. The number of allylic oxidation sites excluding steroid dienone is 1. The molecular weight excluding hydrogens is 392 g/mol. The van der Waals surface area contributed by atoms with Crippen LogP contribution in [0.3, 0.4) is 0 Å². The third-order valence-electron chi connectivity index (χ3n) is 4.42. The molecule has 0 atom stereocenters. The molecule has 2 heterocycles. The Kier molecular flexibility index (Phi) is 4.63. The summed E-state index contributed by atoms with van der Waals surface area (Å²) in [6.07, 6.45) is 1.53. The SMILES string of the molecule is Cc1cc([N+](=O)[O-])c(-c2ccc(C=C(C#N)c3nc4ccccc4[nH]3)o2)cc1Cl. The predicted molar refractivity (Wildman–Crippen MR) is 110 cm³/mol. The first-order valence-corrected chi connectivity index (χ1v) is 8.95. The zero-order chi connectivity index (χ0) is 20.5. The summed E-state index contributed by atoms with van der Waals surface area (Å²) in [7, 11) is 0. The number of nitrogens with one attached hydrogen (secondary N) is 1. The summed E-state index contributed by atoms with van der Waals surface area (Å²) in [5.41, 5.74) is 2.61. The summed E-state index contributed by atoms with van der Waals surface area (Å²) in [6.45, 7) is 1.70. The van der Waals surface area contributed by atoms with Crippen molar-refractivity contribution in [3.05, 3.63) is 80.8 Å². The maximum absolute atomic E-state index is 11.4. The number of fused-ring (bicyclic) bond motifs is 1. The zero-order valence-corrected chi connectivity index (χ0v) is 15.9. The second-order valence-corrected chi connectivity index (χ2v) is 6.76. The van der Waals surface area contributed by atoms with Crippen molar-refractivity contribution in [2.45, 2.75) is 6.92 Å². The van der Waals surface area contributed by atoms with Gasteiger partial charge in [0.2, 0.25) is 0 Å². The van der Waals surface area contributed by atoms with Gasteiger partial charge in [-0.3, -0.25) is 10.1 Å². The van der Waals surface area contributed by atoms with E-state index in [1.807, 2.05) is 24.3 Å². The number of H-pyrrole nitrogens is 1. The molecule has 0 spiro atoms. The lowest BCUT2D eigenvalue weighted by Gasteiger charge is -2.03. The molecule has 0 aliphatic heterocycles. The van der Waals surface area contributed by atoms with Crippen LogP contribution in [0, 0.1) is 28.4 Å². The van der Waals surface area contributed by atoms with Gasteiger partial charge in [-0.25, -0.2) is 4.98 Å². The Labute approximate surface area is 170 Å². The molecule has 1 N–H and O–H groups in total. The normalized spacial score (nSPS) is 11.6. The summed E-state index contributed by atoms with van der Waals surface area (Å²) < 4.78 is 5.75. The largest absolute Gasteiger partial charge is 0.456 e. The van der Waals surface area contributed by atoms with Gasteiger partial charge in [-0.15, -0.1) is 0 Å². The molecule has 4 aromatic rings. The molecule has 0 amide bonds. The smallest absolute Gasteiger partial charge is 0.280 e. The molecule has 0 fully saturated rings. The quantitative estimate of drug-likeness (QED) is 0.264. The molecule has 4 rings (SSSR count). The molecule has 0 radical (unpaired) electrons. The van der Waals surface area contributed by atoms with E-state index < -0.39 is 4.92 Å². The molecule has 0 bridgehead atoms. The Morgan fingerprint density at radius 1 is 1.31 bits per heavy atom. The van der Waals surface area contributed by atoms with Crippen LogP contribution in [0.25, 0.3) is 34.0 Å². The summed E-state index contributed by atoms with van der Waals surface area (Å²) in [5.74, 6) is 1.06. The summed E-state index contributed by atoms with van der Waals surface area (Å²) in [4.78, 5) is 18.4. The zero-order valence-electron chi connectivity index (χ0n) is 15.1. The van der Waals surface area contributed by atoms with Crippen molar-refractivity contribution in [1.29, 1.82) is 5.26 Å². The van der Waals surface area contributed by atoms with Crippen molar-refractivity contribution >= 4 is 40.0 Å². The molecule has 2 aromatic carbocycles. The van der Waals surface area contributed by atoms with Gasteiger partial charge in [-0.05, 0) is 42.8 Å². The molecule has 7 nitrogen and oxygen atoms in total. The number of halogens is 1. The second kappa shape index (κ2) is 7.26. The van der Waals surface area contributed by atoms with E-state index in [1.165, 1.54) is 18.2 Å². The van der Waals surface area contributed by atoms with Crippen LogP contribution >= 0.6 is 11.6 Å². The number of benzene rings is 2. The molecule has 0 aliphatic carbocycles. The van der Waals surface area contributed by atoms with Crippen molar-refractivity contribution in [2.24, 2.45) is 0 Å². The average Bonchev–Trinajstić information content (AvgIpc) is 3.34. The van der Waals surface area contributed by atoms with Crippen LogP contribution < -0.4 is 0 Å².